The number of piperidine rings is 1. The number of nitrogens with two attached hydrogens (primary N) is 1. The molecule has 3 heterocycles. The molecule has 0 aliphatic carbocycles. The lowest BCUT2D eigenvalue weighted by atomic mass is 10.1. The average Bonchev–Trinajstić information content (AvgIpc) is 3.08. The van der Waals surface area contributed by atoms with Gasteiger partial charge in [-0.3, -0.25) is 4.98 Å². The maximum Gasteiger partial charge on any atom is 0.418 e. The highest BCUT2D eigenvalue weighted by Crippen LogP contribution is 2.36. The van der Waals surface area contributed by atoms with Crippen LogP contribution in [0.4, 0.5) is 23.5 Å². The highest BCUT2D eigenvalue weighted by Gasteiger charge is 2.36. The Kier molecular flexibility index (Phi) is 5.07. The Morgan fingerprint density at radius 2 is 2.03 bits per heavy atom. The molecule has 0 bridgehead atoms. The van der Waals surface area contributed by atoms with Crippen molar-refractivity contribution in [2.45, 2.75) is 31.4 Å². The van der Waals surface area contributed by atoms with E-state index in [2.05, 4.69) is 9.97 Å². The van der Waals surface area contributed by atoms with Crippen LogP contribution in [0.3, 0.4) is 0 Å². The van der Waals surface area contributed by atoms with E-state index < -0.39 is 24.0 Å². The number of anilines is 1. The number of para-hydroxylation sites is 1. The maximum absolute atomic E-state index is 13.8. The van der Waals surface area contributed by atoms with E-state index in [4.69, 9.17) is 11.0 Å². The molecule has 3 aromatic rings. The molecule has 1 aromatic carbocycles. The first kappa shape index (κ1) is 20.1. The summed E-state index contributed by atoms with van der Waals surface area (Å²) >= 11 is 0. The number of alkyl halides is 4. The number of pyridine rings is 1. The molecule has 156 valence electrons. The Morgan fingerprint density at radius 3 is 2.67 bits per heavy atom. The van der Waals surface area contributed by atoms with Crippen LogP contribution in [0.5, 0.6) is 0 Å². The summed E-state index contributed by atoms with van der Waals surface area (Å²) in [6, 6.07) is 8.34. The van der Waals surface area contributed by atoms with Crippen molar-refractivity contribution < 1.29 is 17.6 Å². The molecule has 0 spiro atoms. The van der Waals surface area contributed by atoms with E-state index >= 15 is 0 Å². The van der Waals surface area contributed by atoms with Crippen molar-refractivity contribution >= 4 is 17.0 Å². The highest BCUT2D eigenvalue weighted by molar-refractivity contribution is 5.83. The summed E-state index contributed by atoms with van der Waals surface area (Å²) in [6.45, 7) is 0.580. The molecule has 1 aliphatic heterocycles. The van der Waals surface area contributed by atoms with E-state index in [1.807, 2.05) is 6.07 Å². The molecule has 2 aromatic heterocycles. The summed E-state index contributed by atoms with van der Waals surface area (Å²) in [5, 5.41) is 8.93. The van der Waals surface area contributed by atoms with Crippen molar-refractivity contribution in [2.75, 3.05) is 18.0 Å². The first-order chi connectivity index (χ1) is 14.3. The second-order valence-corrected chi connectivity index (χ2v) is 7.23. The largest absolute Gasteiger partial charge is 0.418 e. The molecule has 10 heteroatoms. The van der Waals surface area contributed by atoms with Gasteiger partial charge >= 0.3 is 6.18 Å². The molecule has 0 amide bonds. The molecule has 4 rings (SSSR count). The zero-order valence-electron chi connectivity index (χ0n) is 15.8. The summed E-state index contributed by atoms with van der Waals surface area (Å²) in [5.41, 5.74) is 6.07. The van der Waals surface area contributed by atoms with Crippen LogP contribution in [0, 0.1) is 11.3 Å². The van der Waals surface area contributed by atoms with Crippen LogP contribution in [0.25, 0.3) is 11.0 Å². The molecule has 6 nitrogen and oxygen atoms in total. The first-order valence-electron chi connectivity index (χ1n) is 9.34. The maximum atomic E-state index is 13.8. The molecule has 0 unspecified atom stereocenters. The normalized spacial score (nSPS) is 19.8. The van der Waals surface area contributed by atoms with Crippen LogP contribution in [0.2, 0.25) is 0 Å². The summed E-state index contributed by atoms with van der Waals surface area (Å²) in [5.74, 6) is 0.287. The summed E-state index contributed by atoms with van der Waals surface area (Å²) in [6.07, 6.45) is -4.15. The quantitative estimate of drug-likeness (QED) is 0.661. The summed E-state index contributed by atoms with van der Waals surface area (Å²) in [7, 11) is 0. The smallest absolute Gasteiger partial charge is 0.340 e. The fourth-order valence-corrected chi connectivity index (χ4v) is 3.64. The van der Waals surface area contributed by atoms with Gasteiger partial charge in [0, 0.05) is 19.3 Å². The van der Waals surface area contributed by atoms with Gasteiger partial charge in [-0.25, -0.2) is 9.37 Å². The van der Waals surface area contributed by atoms with Gasteiger partial charge in [-0.05, 0) is 30.7 Å². The van der Waals surface area contributed by atoms with E-state index in [1.165, 1.54) is 12.3 Å². The molecule has 1 saturated heterocycles. The Hall–Kier alpha value is -3.19. The molecule has 30 heavy (non-hydrogen) atoms. The van der Waals surface area contributed by atoms with E-state index in [0.29, 0.717) is 23.3 Å². The summed E-state index contributed by atoms with van der Waals surface area (Å²) < 4.78 is 56.1. The Morgan fingerprint density at radius 1 is 1.23 bits per heavy atom. The Labute approximate surface area is 169 Å². The number of fused-ring (bicyclic) bond motifs is 1. The van der Waals surface area contributed by atoms with Crippen molar-refractivity contribution in [3.05, 3.63) is 53.3 Å². The number of rotatable bonds is 3. The van der Waals surface area contributed by atoms with Gasteiger partial charge in [0.2, 0.25) is 5.95 Å². The predicted molar refractivity (Wildman–Crippen MR) is 102 cm³/mol. The van der Waals surface area contributed by atoms with Crippen molar-refractivity contribution in [3.8, 4) is 6.07 Å². The molecular formula is C20H18F4N6. The molecular weight excluding hydrogens is 400 g/mol. The van der Waals surface area contributed by atoms with Gasteiger partial charge in [0.1, 0.15) is 17.8 Å². The van der Waals surface area contributed by atoms with Crippen LogP contribution in [0.1, 0.15) is 23.2 Å². The topological polar surface area (TPSA) is 83.8 Å². The van der Waals surface area contributed by atoms with Gasteiger partial charge < -0.3 is 15.2 Å². The van der Waals surface area contributed by atoms with Crippen LogP contribution in [-0.4, -0.2) is 39.8 Å². The van der Waals surface area contributed by atoms with E-state index in [-0.39, 0.29) is 31.0 Å². The molecule has 0 saturated carbocycles. The van der Waals surface area contributed by atoms with Gasteiger partial charge in [-0.2, -0.15) is 18.4 Å². The van der Waals surface area contributed by atoms with Gasteiger partial charge in [-0.15, -0.1) is 0 Å². The monoisotopic (exact) mass is 418 g/mol. The zero-order chi connectivity index (χ0) is 21.5. The van der Waals surface area contributed by atoms with Crippen LogP contribution in [0.15, 0.2) is 36.5 Å². The van der Waals surface area contributed by atoms with Crippen molar-refractivity contribution in [3.63, 3.8) is 0 Å². The van der Waals surface area contributed by atoms with Crippen LogP contribution >= 0.6 is 0 Å². The number of nitrogens with zero attached hydrogens (tertiary/aromatic N) is 5. The third-order valence-electron chi connectivity index (χ3n) is 5.19. The van der Waals surface area contributed by atoms with Gasteiger partial charge in [0.05, 0.1) is 34.9 Å². The fraction of sp³-hybridized carbons (Fsp3) is 0.350. The van der Waals surface area contributed by atoms with Gasteiger partial charge in [0.15, 0.2) is 0 Å². The number of hydrogen-bond donors (Lipinski definition) is 1. The van der Waals surface area contributed by atoms with Crippen molar-refractivity contribution in [2.24, 2.45) is 5.73 Å². The van der Waals surface area contributed by atoms with E-state index in [0.717, 1.165) is 6.07 Å². The number of benzene rings is 1. The van der Waals surface area contributed by atoms with Crippen molar-refractivity contribution in [1.82, 2.24) is 14.5 Å². The minimum Gasteiger partial charge on any atom is -0.340 e. The molecule has 0 radical (unpaired) electrons. The molecule has 2 atom stereocenters. The van der Waals surface area contributed by atoms with Crippen molar-refractivity contribution in [1.29, 1.82) is 5.26 Å². The van der Waals surface area contributed by atoms with E-state index in [9.17, 15) is 17.6 Å². The minimum atomic E-state index is -4.56. The molecule has 2 N–H and O–H groups in total. The Balaban J connectivity index is 1.83. The lowest BCUT2D eigenvalue weighted by Gasteiger charge is -2.34. The number of nitriles is 1. The van der Waals surface area contributed by atoms with Crippen LogP contribution in [-0.2, 0) is 12.7 Å². The zero-order valence-corrected chi connectivity index (χ0v) is 15.8. The van der Waals surface area contributed by atoms with E-state index in [1.54, 1.807) is 27.7 Å². The van der Waals surface area contributed by atoms with Crippen LogP contribution < -0.4 is 10.6 Å². The second-order valence-electron chi connectivity index (χ2n) is 7.23. The number of hydrogen-bond acceptors (Lipinski definition) is 5. The predicted octanol–water partition coefficient (Wildman–Crippen LogP) is 3.25. The highest BCUT2D eigenvalue weighted by atomic mass is 19.4. The lowest BCUT2D eigenvalue weighted by Crippen LogP contribution is -2.50. The SMILES string of the molecule is N#Cc1ccc(Cn2c(N3CC[C@H](F)[C@H](N)C3)nc3c(C(F)(F)F)cccc32)nc1. The minimum absolute atomic E-state index is 0.143. The van der Waals surface area contributed by atoms with Gasteiger partial charge in [0.25, 0.3) is 0 Å². The molecule has 1 aliphatic rings. The van der Waals surface area contributed by atoms with Gasteiger partial charge in [-0.1, -0.05) is 6.07 Å². The fourth-order valence-electron chi connectivity index (χ4n) is 3.64. The number of aromatic nitrogens is 3. The Bertz CT molecular complexity index is 1100. The third kappa shape index (κ3) is 3.68. The number of halogens is 4. The third-order valence-corrected chi connectivity index (χ3v) is 5.19. The first-order valence-corrected chi connectivity index (χ1v) is 9.34. The summed E-state index contributed by atoms with van der Waals surface area (Å²) in [4.78, 5) is 10.2. The standard InChI is InChI=1S/C20H18F4N6/c21-15-6-7-29(11-16(15)26)19-28-18-14(20(22,23)24)2-1-3-17(18)30(19)10-13-5-4-12(8-25)9-27-13/h1-5,9,15-16H,6-7,10-11,26H2/t15-,16+/m0/s1. The second kappa shape index (κ2) is 7.57. The molecule has 1 fully saturated rings. The average molecular weight is 418 g/mol. The lowest BCUT2D eigenvalue weighted by molar-refractivity contribution is -0.136. The number of imidazole rings is 1.